The minimum absolute atomic E-state index is 0.0470. The molecule has 24 heavy (non-hydrogen) atoms. The van der Waals surface area contributed by atoms with Crippen molar-refractivity contribution >= 4 is 28.9 Å². The molecule has 2 rings (SSSR count). The fourth-order valence-electron chi connectivity index (χ4n) is 2.20. The highest BCUT2D eigenvalue weighted by Gasteiger charge is 2.14. The molecule has 0 saturated carbocycles. The van der Waals surface area contributed by atoms with Crippen LogP contribution in [0.5, 0.6) is 0 Å². The second-order valence-corrected chi connectivity index (χ2v) is 6.84. The number of ketones is 1. The molecular formula is C17H20N2O4S. The second-order valence-electron chi connectivity index (χ2n) is 5.38. The molecule has 0 aliphatic carbocycles. The minimum Gasteiger partial charge on any atom is -0.467 e. The third kappa shape index (κ3) is 5.34. The van der Waals surface area contributed by atoms with Crippen LogP contribution in [0.1, 0.15) is 38.7 Å². The quantitative estimate of drug-likeness (QED) is 0.717. The highest BCUT2D eigenvalue weighted by molar-refractivity contribution is 7.12. The summed E-state index contributed by atoms with van der Waals surface area (Å²) >= 11 is 1.57. The Hall–Kier alpha value is -2.41. The lowest BCUT2D eigenvalue weighted by Gasteiger charge is -2.06. The summed E-state index contributed by atoms with van der Waals surface area (Å²) in [5.41, 5.74) is 0.682. The Morgan fingerprint density at radius 2 is 1.92 bits per heavy atom. The molecule has 0 atom stereocenters. The molecule has 0 spiro atoms. The maximum absolute atomic E-state index is 12.1. The maximum atomic E-state index is 12.1. The van der Waals surface area contributed by atoms with Crippen molar-refractivity contribution in [3.8, 4) is 0 Å². The fourth-order valence-corrected chi connectivity index (χ4v) is 3.14. The Bertz CT molecular complexity index is 719. The average Bonchev–Trinajstić information content (AvgIpc) is 3.17. The highest BCUT2D eigenvalue weighted by Crippen LogP contribution is 2.22. The van der Waals surface area contributed by atoms with Gasteiger partial charge in [-0.3, -0.25) is 14.4 Å². The molecule has 0 aliphatic heterocycles. The smallest absolute Gasteiger partial charge is 0.239 e. The highest BCUT2D eigenvalue weighted by atomic mass is 32.1. The molecule has 0 aromatic carbocycles. The van der Waals surface area contributed by atoms with Gasteiger partial charge in [0.05, 0.1) is 19.4 Å². The number of rotatable bonds is 8. The van der Waals surface area contributed by atoms with E-state index < -0.39 is 0 Å². The molecule has 0 aliphatic rings. The SMILES string of the molecule is Cc1cc(C(=O)CCC(=O)NCC(=O)NCc2ccco2)c(C)s1. The van der Waals surface area contributed by atoms with Crippen LogP contribution >= 0.6 is 11.3 Å². The fraction of sp³-hybridized carbons (Fsp3) is 0.353. The number of furan rings is 1. The molecule has 2 aromatic heterocycles. The minimum atomic E-state index is -0.318. The molecular weight excluding hydrogens is 328 g/mol. The van der Waals surface area contributed by atoms with E-state index in [1.54, 1.807) is 23.5 Å². The van der Waals surface area contributed by atoms with Crippen LogP contribution in [0.2, 0.25) is 0 Å². The van der Waals surface area contributed by atoms with E-state index in [0.29, 0.717) is 11.3 Å². The molecule has 2 heterocycles. The van der Waals surface area contributed by atoms with Crippen molar-refractivity contribution in [1.29, 1.82) is 0 Å². The predicted molar refractivity (Wildman–Crippen MR) is 90.9 cm³/mol. The van der Waals surface area contributed by atoms with Crippen LogP contribution < -0.4 is 10.6 Å². The van der Waals surface area contributed by atoms with Crippen molar-refractivity contribution in [3.63, 3.8) is 0 Å². The first-order valence-corrected chi connectivity index (χ1v) is 8.43. The van der Waals surface area contributed by atoms with Crippen LogP contribution in [0.4, 0.5) is 0 Å². The Morgan fingerprint density at radius 1 is 1.12 bits per heavy atom. The second kappa shape index (κ2) is 8.44. The van der Waals surface area contributed by atoms with Crippen LogP contribution in [0.15, 0.2) is 28.9 Å². The maximum Gasteiger partial charge on any atom is 0.239 e. The molecule has 2 aromatic rings. The largest absolute Gasteiger partial charge is 0.467 e. The molecule has 7 heteroatoms. The molecule has 0 saturated heterocycles. The summed E-state index contributed by atoms with van der Waals surface area (Å²) in [5, 5.41) is 5.14. The summed E-state index contributed by atoms with van der Waals surface area (Å²) in [4.78, 5) is 37.5. The standard InChI is InChI=1S/C17H20N2O4S/c1-11-8-14(12(2)24-11)15(20)5-6-16(21)19-10-17(22)18-9-13-4-3-7-23-13/h3-4,7-8H,5-6,9-10H2,1-2H3,(H,18,22)(H,19,21). The molecule has 0 bridgehead atoms. The van der Waals surface area contributed by atoms with Crippen LogP contribution in [0.3, 0.4) is 0 Å². The number of thiophene rings is 1. The monoisotopic (exact) mass is 348 g/mol. The first kappa shape index (κ1) is 17.9. The number of nitrogens with one attached hydrogen (secondary N) is 2. The summed E-state index contributed by atoms with van der Waals surface area (Å²) in [6.07, 6.45) is 1.73. The summed E-state index contributed by atoms with van der Waals surface area (Å²) in [7, 11) is 0. The van der Waals surface area contributed by atoms with Gasteiger partial charge >= 0.3 is 0 Å². The van der Waals surface area contributed by atoms with E-state index in [2.05, 4.69) is 10.6 Å². The molecule has 128 valence electrons. The zero-order chi connectivity index (χ0) is 17.5. The lowest BCUT2D eigenvalue weighted by Crippen LogP contribution is -2.36. The summed E-state index contributed by atoms with van der Waals surface area (Å²) in [6.45, 7) is 4.00. The number of hydrogen-bond acceptors (Lipinski definition) is 5. The van der Waals surface area contributed by atoms with Gasteiger partial charge in [0.1, 0.15) is 5.76 Å². The topological polar surface area (TPSA) is 88.4 Å². The number of carbonyl (C=O) groups excluding carboxylic acids is 3. The number of Topliss-reactive ketones (excluding diaryl/α,β-unsaturated/α-hetero) is 1. The van der Waals surface area contributed by atoms with E-state index >= 15 is 0 Å². The predicted octanol–water partition coefficient (Wildman–Crippen LogP) is 2.35. The summed E-state index contributed by atoms with van der Waals surface area (Å²) in [5.74, 6) is -0.0348. The lowest BCUT2D eigenvalue weighted by atomic mass is 10.1. The van der Waals surface area contributed by atoms with E-state index in [9.17, 15) is 14.4 Å². The van der Waals surface area contributed by atoms with Gasteiger partial charge < -0.3 is 15.1 Å². The van der Waals surface area contributed by atoms with Crippen LogP contribution in [0, 0.1) is 13.8 Å². The zero-order valence-electron chi connectivity index (χ0n) is 13.7. The van der Waals surface area contributed by atoms with Crippen molar-refractivity contribution in [3.05, 3.63) is 45.5 Å². The van der Waals surface area contributed by atoms with E-state index in [4.69, 9.17) is 4.42 Å². The van der Waals surface area contributed by atoms with E-state index in [1.807, 2.05) is 19.9 Å². The van der Waals surface area contributed by atoms with Crippen molar-refractivity contribution in [1.82, 2.24) is 10.6 Å². The Kier molecular flexibility index (Phi) is 6.31. The van der Waals surface area contributed by atoms with Gasteiger partial charge in [-0.2, -0.15) is 0 Å². The van der Waals surface area contributed by atoms with Crippen LogP contribution in [0.25, 0.3) is 0 Å². The Balaban J connectivity index is 1.66. The van der Waals surface area contributed by atoms with Gasteiger partial charge in [0, 0.05) is 28.2 Å². The number of amides is 2. The average molecular weight is 348 g/mol. The summed E-state index contributed by atoms with van der Waals surface area (Å²) in [6, 6.07) is 5.33. The van der Waals surface area contributed by atoms with E-state index in [-0.39, 0.29) is 43.5 Å². The van der Waals surface area contributed by atoms with Crippen LogP contribution in [-0.2, 0) is 16.1 Å². The van der Waals surface area contributed by atoms with E-state index in [0.717, 1.165) is 9.75 Å². The molecule has 2 amide bonds. The van der Waals surface area contributed by atoms with Crippen molar-refractivity contribution in [2.45, 2.75) is 33.2 Å². The third-order valence-corrected chi connectivity index (χ3v) is 4.37. The van der Waals surface area contributed by atoms with Crippen LogP contribution in [-0.4, -0.2) is 24.1 Å². The number of carbonyl (C=O) groups is 3. The van der Waals surface area contributed by atoms with E-state index in [1.165, 1.54) is 6.26 Å². The molecule has 2 N–H and O–H groups in total. The van der Waals surface area contributed by atoms with Gasteiger partial charge in [-0.25, -0.2) is 0 Å². The van der Waals surface area contributed by atoms with Gasteiger partial charge in [-0.1, -0.05) is 0 Å². The molecule has 6 nitrogen and oxygen atoms in total. The first-order valence-electron chi connectivity index (χ1n) is 7.61. The van der Waals surface area contributed by atoms with Gasteiger partial charge in [-0.15, -0.1) is 11.3 Å². The van der Waals surface area contributed by atoms with Gasteiger partial charge in [-0.05, 0) is 32.0 Å². The third-order valence-electron chi connectivity index (χ3n) is 3.41. The zero-order valence-corrected chi connectivity index (χ0v) is 14.5. The molecule has 0 unspecified atom stereocenters. The van der Waals surface area contributed by atoms with Gasteiger partial charge in [0.2, 0.25) is 11.8 Å². The van der Waals surface area contributed by atoms with Crippen molar-refractivity contribution < 1.29 is 18.8 Å². The molecule has 0 fully saturated rings. The lowest BCUT2D eigenvalue weighted by molar-refractivity contribution is -0.126. The normalized spacial score (nSPS) is 10.4. The summed E-state index contributed by atoms with van der Waals surface area (Å²) < 4.78 is 5.09. The van der Waals surface area contributed by atoms with Crippen molar-refractivity contribution in [2.75, 3.05) is 6.54 Å². The first-order chi connectivity index (χ1) is 11.5. The number of aryl methyl sites for hydroxylation is 2. The number of hydrogen-bond donors (Lipinski definition) is 2. The van der Waals surface area contributed by atoms with Gasteiger partial charge in [0.15, 0.2) is 5.78 Å². The Morgan fingerprint density at radius 3 is 2.54 bits per heavy atom. The Labute approximate surface area is 144 Å². The van der Waals surface area contributed by atoms with Crippen molar-refractivity contribution in [2.24, 2.45) is 0 Å². The van der Waals surface area contributed by atoms with Gasteiger partial charge in [0.25, 0.3) is 0 Å². The molecule has 0 radical (unpaired) electrons.